The highest BCUT2D eigenvalue weighted by atomic mass is 32.2. The molecule has 0 bridgehead atoms. The van der Waals surface area contributed by atoms with Crippen LogP contribution in [0.2, 0.25) is 0 Å². The van der Waals surface area contributed by atoms with Crippen molar-refractivity contribution in [2.45, 2.75) is 37.4 Å². The summed E-state index contributed by atoms with van der Waals surface area (Å²) in [5.74, 6) is 2.54. The Kier molecular flexibility index (Phi) is 4.84. The Labute approximate surface area is 157 Å². The molecule has 1 aliphatic heterocycles. The molecule has 26 heavy (non-hydrogen) atoms. The van der Waals surface area contributed by atoms with E-state index < -0.39 is 0 Å². The molecule has 2 fully saturated rings. The van der Waals surface area contributed by atoms with Gasteiger partial charge in [-0.05, 0) is 32.1 Å². The lowest BCUT2D eigenvalue weighted by Gasteiger charge is -2.36. The normalized spacial score (nSPS) is 17.6. The molecule has 7 nitrogen and oxygen atoms in total. The molecule has 138 valence electrons. The number of aromatic nitrogens is 4. The zero-order valence-electron chi connectivity index (χ0n) is 15.3. The summed E-state index contributed by atoms with van der Waals surface area (Å²) in [5.41, 5.74) is 1.14. The fraction of sp³-hybridized carbons (Fsp3) is 0.556. The molecule has 1 saturated heterocycles. The molecule has 0 aromatic carbocycles. The Morgan fingerprint density at radius 1 is 1.08 bits per heavy atom. The lowest BCUT2D eigenvalue weighted by molar-refractivity contribution is 0.586. The zero-order chi connectivity index (χ0) is 18.1. The lowest BCUT2D eigenvalue weighted by atomic mass is 10.2. The molecule has 8 heteroatoms. The molecule has 0 atom stereocenters. The summed E-state index contributed by atoms with van der Waals surface area (Å²) in [6.45, 7) is 6.04. The van der Waals surface area contributed by atoms with E-state index in [9.17, 15) is 4.79 Å². The average molecular weight is 372 g/mol. The van der Waals surface area contributed by atoms with E-state index in [2.05, 4.69) is 25.9 Å². The molecule has 2 aromatic rings. The van der Waals surface area contributed by atoms with E-state index in [4.69, 9.17) is 4.98 Å². The van der Waals surface area contributed by atoms with E-state index in [0.717, 1.165) is 43.0 Å². The highest BCUT2D eigenvalue weighted by molar-refractivity contribution is 7.98. The minimum atomic E-state index is -0.0481. The van der Waals surface area contributed by atoms with Crippen molar-refractivity contribution in [1.82, 2.24) is 19.7 Å². The highest BCUT2D eigenvalue weighted by Crippen LogP contribution is 2.40. The van der Waals surface area contributed by atoms with Crippen LogP contribution in [0.5, 0.6) is 0 Å². The molecule has 2 aromatic heterocycles. The maximum absolute atomic E-state index is 11.7. The number of hydrogen-bond acceptors (Lipinski definition) is 7. The number of hydrogen-bond donors (Lipinski definition) is 0. The van der Waals surface area contributed by atoms with E-state index in [0.29, 0.717) is 12.5 Å². The number of rotatable bonds is 5. The van der Waals surface area contributed by atoms with Gasteiger partial charge in [0.15, 0.2) is 5.16 Å². The van der Waals surface area contributed by atoms with Crippen LogP contribution in [0.25, 0.3) is 0 Å². The van der Waals surface area contributed by atoms with E-state index in [-0.39, 0.29) is 5.56 Å². The van der Waals surface area contributed by atoms with Crippen LogP contribution in [-0.2, 0) is 6.54 Å². The SMILES string of the molecule is CCn1nc(N2CCN(c3cc(C4CC4)nc(SC)n3)CC2)ccc1=O. The van der Waals surface area contributed by atoms with Crippen molar-refractivity contribution >= 4 is 23.4 Å². The Morgan fingerprint density at radius 3 is 2.38 bits per heavy atom. The second-order valence-corrected chi connectivity index (χ2v) is 7.51. The molecule has 0 N–H and O–H groups in total. The van der Waals surface area contributed by atoms with Crippen molar-refractivity contribution in [2.24, 2.45) is 0 Å². The molecular formula is C18H24N6OS. The maximum atomic E-state index is 11.7. The molecule has 1 aliphatic carbocycles. The van der Waals surface area contributed by atoms with Crippen LogP contribution >= 0.6 is 11.8 Å². The van der Waals surface area contributed by atoms with Crippen molar-refractivity contribution in [3.8, 4) is 0 Å². The molecule has 0 spiro atoms. The van der Waals surface area contributed by atoms with Crippen LogP contribution in [0.4, 0.5) is 11.6 Å². The summed E-state index contributed by atoms with van der Waals surface area (Å²) in [6.07, 6.45) is 4.52. The van der Waals surface area contributed by atoms with Gasteiger partial charge in [-0.3, -0.25) is 4.79 Å². The van der Waals surface area contributed by atoms with Crippen LogP contribution < -0.4 is 15.4 Å². The van der Waals surface area contributed by atoms with Crippen molar-refractivity contribution in [2.75, 3.05) is 42.2 Å². The number of piperazine rings is 1. The van der Waals surface area contributed by atoms with Gasteiger partial charge in [-0.15, -0.1) is 0 Å². The monoisotopic (exact) mass is 372 g/mol. The van der Waals surface area contributed by atoms with Crippen LogP contribution in [0, 0.1) is 0 Å². The van der Waals surface area contributed by atoms with Gasteiger partial charge in [-0.1, -0.05) is 11.8 Å². The second-order valence-electron chi connectivity index (χ2n) is 6.73. The van der Waals surface area contributed by atoms with Crippen molar-refractivity contribution in [3.63, 3.8) is 0 Å². The van der Waals surface area contributed by atoms with Gasteiger partial charge < -0.3 is 9.80 Å². The fourth-order valence-corrected chi connectivity index (χ4v) is 3.65. The Hall–Kier alpha value is -2.09. The molecule has 2 aliphatic rings. The van der Waals surface area contributed by atoms with Gasteiger partial charge in [0.05, 0.1) is 5.69 Å². The van der Waals surface area contributed by atoms with Gasteiger partial charge in [-0.2, -0.15) is 5.10 Å². The summed E-state index contributed by atoms with van der Waals surface area (Å²) in [6, 6.07) is 5.60. The largest absolute Gasteiger partial charge is 0.353 e. The van der Waals surface area contributed by atoms with Crippen LogP contribution in [0.3, 0.4) is 0 Å². The average Bonchev–Trinajstić information content (AvgIpc) is 3.53. The first kappa shape index (κ1) is 17.3. The minimum Gasteiger partial charge on any atom is -0.353 e. The van der Waals surface area contributed by atoms with E-state index >= 15 is 0 Å². The van der Waals surface area contributed by atoms with Crippen LogP contribution in [0.15, 0.2) is 28.2 Å². The zero-order valence-corrected chi connectivity index (χ0v) is 16.1. The third-order valence-electron chi connectivity index (χ3n) is 4.97. The number of aryl methyl sites for hydroxylation is 1. The smallest absolute Gasteiger partial charge is 0.266 e. The van der Waals surface area contributed by atoms with E-state index in [1.165, 1.54) is 23.2 Å². The van der Waals surface area contributed by atoms with Gasteiger partial charge >= 0.3 is 0 Å². The number of nitrogens with zero attached hydrogens (tertiary/aromatic N) is 6. The maximum Gasteiger partial charge on any atom is 0.266 e. The van der Waals surface area contributed by atoms with Gasteiger partial charge in [0.25, 0.3) is 5.56 Å². The predicted molar refractivity (Wildman–Crippen MR) is 104 cm³/mol. The molecule has 0 unspecified atom stereocenters. The first-order valence-corrected chi connectivity index (χ1v) is 10.4. The van der Waals surface area contributed by atoms with E-state index in [1.807, 2.05) is 19.2 Å². The molecule has 1 saturated carbocycles. The van der Waals surface area contributed by atoms with Crippen molar-refractivity contribution < 1.29 is 0 Å². The first-order valence-electron chi connectivity index (χ1n) is 9.19. The molecular weight excluding hydrogens is 348 g/mol. The Morgan fingerprint density at radius 2 is 1.77 bits per heavy atom. The Bertz CT molecular complexity index is 842. The summed E-state index contributed by atoms with van der Waals surface area (Å²) in [4.78, 5) is 25.7. The Balaban J connectivity index is 1.48. The van der Waals surface area contributed by atoms with E-state index in [1.54, 1.807) is 17.8 Å². The second kappa shape index (κ2) is 7.26. The van der Waals surface area contributed by atoms with Gasteiger partial charge in [-0.25, -0.2) is 14.6 Å². The third kappa shape index (κ3) is 3.56. The molecule has 0 radical (unpaired) electrons. The van der Waals surface area contributed by atoms with Crippen LogP contribution in [-0.4, -0.2) is 52.2 Å². The van der Waals surface area contributed by atoms with Crippen LogP contribution in [0.1, 0.15) is 31.4 Å². The summed E-state index contributed by atoms with van der Waals surface area (Å²) >= 11 is 1.61. The summed E-state index contributed by atoms with van der Waals surface area (Å²) in [5, 5.41) is 5.33. The van der Waals surface area contributed by atoms with Gasteiger partial charge in [0, 0.05) is 50.8 Å². The van der Waals surface area contributed by atoms with Crippen molar-refractivity contribution in [1.29, 1.82) is 0 Å². The number of thioether (sulfide) groups is 1. The molecule has 0 amide bonds. The lowest BCUT2D eigenvalue weighted by Crippen LogP contribution is -2.47. The fourth-order valence-electron chi connectivity index (χ4n) is 3.27. The first-order chi connectivity index (χ1) is 12.7. The van der Waals surface area contributed by atoms with Gasteiger partial charge in [0.1, 0.15) is 11.6 Å². The third-order valence-corrected chi connectivity index (χ3v) is 5.52. The number of anilines is 2. The summed E-state index contributed by atoms with van der Waals surface area (Å²) in [7, 11) is 0. The van der Waals surface area contributed by atoms with Gasteiger partial charge in [0.2, 0.25) is 0 Å². The summed E-state index contributed by atoms with van der Waals surface area (Å²) < 4.78 is 1.51. The quantitative estimate of drug-likeness (QED) is 0.587. The highest BCUT2D eigenvalue weighted by Gasteiger charge is 2.27. The topological polar surface area (TPSA) is 67.2 Å². The van der Waals surface area contributed by atoms with Crippen molar-refractivity contribution in [3.05, 3.63) is 34.2 Å². The molecule has 4 rings (SSSR count). The minimum absolute atomic E-state index is 0.0481. The molecule has 3 heterocycles. The standard InChI is InChI=1S/C18H24N6OS/c1-3-24-17(25)7-6-15(21-24)22-8-10-23(11-9-22)16-12-14(13-4-5-13)19-18(20-16)26-2/h6-7,12-13H,3-5,8-11H2,1-2H3. The predicted octanol–water partition coefficient (Wildman–Crippen LogP) is 1.98.